The zero-order valence-corrected chi connectivity index (χ0v) is 16.1. The summed E-state index contributed by atoms with van der Waals surface area (Å²) in [5.74, 6) is -0.162. The number of carbonyl (C=O) groups is 1. The number of halogens is 1. The van der Waals surface area contributed by atoms with Crippen molar-refractivity contribution in [2.45, 2.75) is 26.3 Å². The summed E-state index contributed by atoms with van der Waals surface area (Å²) in [4.78, 5) is 16.8. The first-order valence-electron chi connectivity index (χ1n) is 9.66. The van der Waals surface area contributed by atoms with Crippen LogP contribution in [0.15, 0.2) is 48.5 Å². The van der Waals surface area contributed by atoms with E-state index in [-0.39, 0.29) is 17.8 Å². The Kier molecular flexibility index (Phi) is 6.45. The molecule has 0 aliphatic carbocycles. The van der Waals surface area contributed by atoms with E-state index in [1.807, 2.05) is 19.1 Å². The normalized spacial score (nSPS) is 16.2. The molecule has 1 atom stereocenters. The van der Waals surface area contributed by atoms with E-state index in [9.17, 15) is 9.18 Å². The maximum atomic E-state index is 13.1. The van der Waals surface area contributed by atoms with Crippen LogP contribution in [0, 0.1) is 5.82 Å². The predicted molar refractivity (Wildman–Crippen MR) is 107 cm³/mol. The average molecular weight is 369 g/mol. The van der Waals surface area contributed by atoms with E-state index < -0.39 is 0 Å². The third kappa shape index (κ3) is 5.30. The Balaban J connectivity index is 1.45. The highest BCUT2D eigenvalue weighted by atomic mass is 19.1. The van der Waals surface area contributed by atoms with Gasteiger partial charge in [0, 0.05) is 31.9 Å². The molecule has 3 rings (SSSR count). The van der Waals surface area contributed by atoms with Crippen molar-refractivity contribution >= 4 is 11.6 Å². The Morgan fingerprint density at radius 3 is 2.26 bits per heavy atom. The number of carbonyl (C=O) groups excluding carboxylic acids is 1. The van der Waals surface area contributed by atoms with E-state index in [1.54, 1.807) is 0 Å². The summed E-state index contributed by atoms with van der Waals surface area (Å²) in [6.07, 6.45) is 1.02. The maximum absolute atomic E-state index is 13.1. The van der Waals surface area contributed by atoms with Crippen LogP contribution in [-0.4, -0.2) is 43.5 Å². The van der Waals surface area contributed by atoms with Crippen molar-refractivity contribution in [3.05, 3.63) is 65.5 Å². The molecule has 1 N–H and O–H groups in total. The number of nitrogens with zero attached hydrogens (tertiary/aromatic N) is 2. The van der Waals surface area contributed by atoms with Gasteiger partial charge in [-0.25, -0.2) is 4.39 Å². The van der Waals surface area contributed by atoms with Crippen LogP contribution in [0.5, 0.6) is 0 Å². The summed E-state index contributed by atoms with van der Waals surface area (Å²) in [6, 6.07) is 15.0. The van der Waals surface area contributed by atoms with Crippen molar-refractivity contribution < 1.29 is 9.18 Å². The fourth-order valence-electron chi connectivity index (χ4n) is 3.43. The molecule has 0 aromatic heterocycles. The third-order valence-corrected chi connectivity index (χ3v) is 5.20. The lowest BCUT2D eigenvalue weighted by Gasteiger charge is -2.35. The zero-order chi connectivity index (χ0) is 19.2. The van der Waals surface area contributed by atoms with Crippen LogP contribution < -0.4 is 10.2 Å². The molecule has 0 bridgehead atoms. The molecule has 1 fully saturated rings. The monoisotopic (exact) mass is 369 g/mol. The number of hydrogen-bond donors (Lipinski definition) is 1. The number of amides is 1. The molecule has 1 amide bonds. The van der Waals surface area contributed by atoms with E-state index in [2.05, 4.69) is 46.3 Å². The van der Waals surface area contributed by atoms with Gasteiger partial charge in [-0.3, -0.25) is 9.69 Å². The van der Waals surface area contributed by atoms with Crippen molar-refractivity contribution in [2.24, 2.45) is 0 Å². The van der Waals surface area contributed by atoms with Crippen LogP contribution in [0.1, 0.15) is 31.0 Å². The Labute approximate surface area is 161 Å². The SMILES string of the molecule is CCc1ccc([C@@H](C)NC(=O)CN2CCN(c3ccc(F)cc3)CC2)cc1. The molecule has 2 aromatic rings. The minimum atomic E-state index is -0.215. The maximum Gasteiger partial charge on any atom is 0.234 e. The summed E-state index contributed by atoms with van der Waals surface area (Å²) in [7, 11) is 0. The van der Waals surface area contributed by atoms with Crippen molar-refractivity contribution in [3.63, 3.8) is 0 Å². The first kappa shape index (κ1) is 19.4. The Morgan fingerprint density at radius 2 is 1.67 bits per heavy atom. The minimum absolute atomic E-state index is 0.00362. The van der Waals surface area contributed by atoms with Crippen LogP contribution in [0.3, 0.4) is 0 Å². The molecule has 1 aliphatic heterocycles. The van der Waals surface area contributed by atoms with Gasteiger partial charge in [0.1, 0.15) is 5.82 Å². The molecular formula is C22H28FN3O. The highest BCUT2D eigenvalue weighted by Gasteiger charge is 2.20. The number of hydrogen-bond acceptors (Lipinski definition) is 3. The van der Waals surface area contributed by atoms with Crippen molar-refractivity contribution in [2.75, 3.05) is 37.6 Å². The molecule has 0 saturated carbocycles. The van der Waals surface area contributed by atoms with Crippen molar-refractivity contribution in [1.82, 2.24) is 10.2 Å². The largest absolute Gasteiger partial charge is 0.369 e. The molecular weight excluding hydrogens is 341 g/mol. The number of nitrogens with one attached hydrogen (secondary N) is 1. The number of aryl methyl sites for hydroxylation is 1. The molecule has 2 aromatic carbocycles. The van der Waals surface area contributed by atoms with Gasteiger partial charge in [0.05, 0.1) is 12.6 Å². The van der Waals surface area contributed by atoms with Gasteiger partial charge in [0.25, 0.3) is 0 Å². The first-order valence-corrected chi connectivity index (χ1v) is 9.66. The summed E-state index contributed by atoms with van der Waals surface area (Å²) >= 11 is 0. The number of rotatable bonds is 6. The molecule has 1 aliphatic rings. The van der Waals surface area contributed by atoms with Crippen LogP contribution in [0.25, 0.3) is 0 Å². The summed E-state index contributed by atoms with van der Waals surface area (Å²) < 4.78 is 13.1. The first-order chi connectivity index (χ1) is 13.0. The van der Waals surface area contributed by atoms with Gasteiger partial charge in [0.15, 0.2) is 0 Å². The van der Waals surface area contributed by atoms with Crippen LogP contribution >= 0.6 is 0 Å². The fourth-order valence-corrected chi connectivity index (χ4v) is 3.43. The third-order valence-electron chi connectivity index (χ3n) is 5.20. The summed E-state index contributed by atoms with van der Waals surface area (Å²) in [5, 5.41) is 3.09. The highest BCUT2D eigenvalue weighted by molar-refractivity contribution is 5.78. The second-order valence-electron chi connectivity index (χ2n) is 7.12. The van der Waals surface area contributed by atoms with Crippen molar-refractivity contribution in [3.8, 4) is 0 Å². The number of piperazine rings is 1. The lowest BCUT2D eigenvalue weighted by atomic mass is 10.1. The van der Waals surface area contributed by atoms with Gasteiger partial charge in [-0.15, -0.1) is 0 Å². The van der Waals surface area contributed by atoms with E-state index >= 15 is 0 Å². The smallest absolute Gasteiger partial charge is 0.234 e. The summed E-state index contributed by atoms with van der Waals surface area (Å²) in [6.45, 7) is 7.89. The molecule has 0 radical (unpaired) electrons. The Morgan fingerprint density at radius 1 is 1.04 bits per heavy atom. The quantitative estimate of drug-likeness (QED) is 0.848. The molecule has 27 heavy (non-hydrogen) atoms. The van der Waals surface area contributed by atoms with E-state index in [0.717, 1.165) is 43.9 Å². The van der Waals surface area contributed by atoms with Crippen LogP contribution in [0.2, 0.25) is 0 Å². The molecule has 0 spiro atoms. The van der Waals surface area contributed by atoms with E-state index in [0.29, 0.717) is 6.54 Å². The summed E-state index contributed by atoms with van der Waals surface area (Å²) in [5.41, 5.74) is 3.46. The van der Waals surface area contributed by atoms with E-state index in [1.165, 1.54) is 17.7 Å². The Bertz CT molecular complexity index is 737. The number of anilines is 1. The van der Waals surface area contributed by atoms with Gasteiger partial charge in [0.2, 0.25) is 5.91 Å². The minimum Gasteiger partial charge on any atom is -0.369 e. The van der Waals surface area contributed by atoms with Gasteiger partial charge in [-0.1, -0.05) is 31.2 Å². The lowest BCUT2D eigenvalue weighted by molar-refractivity contribution is -0.123. The van der Waals surface area contributed by atoms with Crippen LogP contribution in [-0.2, 0) is 11.2 Å². The van der Waals surface area contributed by atoms with Gasteiger partial charge >= 0.3 is 0 Å². The second-order valence-corrected chi connectivity index (χ2v) is 7.12. The standard InChI is InChI=1S/C22H28FN3O/c1-3-18-4-6-19(7-5-18)17(2)24-22(27)16-25-12-14-26(15-13-25)21-10-8-20(23)9-11-21/h4-11,17H,3,12-16H2,1-2H3,(H,24,27)/t17-/m1/s1. The zero-order valence-electron chi connectivity index (χ0n) is 16.1. The van der Waals surface area contributed by atoms with Gasteiger partial charge in [-0.2, -0.15) is 0 Å². The molecule has 5 heteroatoms. The van der Waals surface area contributed by atoms with Crippen molar-refractivity contribution in [1.29, 1.82) is 0 Å². The molecule has 144 valence electrons. The highest BCUT2D eigenvalue weighted by Crippen LogP contribution is 2.17. The molecule has 4 nitrogen and oxygen atoms in total. The second kappa shape index (κ2) is 9.00. The average Bonchev–Trinajstić information content (AvgIpc) is 2.69. The fraction of sp³-hybridized carbons (Fsp3) is 0.409. The predicted octanol–water partition coefficient (Wildman–Crippen LogP) is 3.39. The van der Waals surface area contributed by atoms with Gasteiger partial charge in [-0.05, 0) is 48.7 Å². The number of benzene rings is 2. The van der Waals surface area contributed by atoms with E-state index in [4.69, 9.17) is 0 Å². The molecule has 1 heterocycles. The Hall–Kier alpha value is -2.40. The molecule has 1 saturated heterocycles. The lowest BCUT2D eigenvalue weighted by Crippen LogP contribution is -2.49. The van der Waals surface area contributed by atoms with Gasteiger partial charge < -0.3 is 10.2 Å². The molecule has 0 unspecified atom stereocenters. The topological polar surface area (TPSA) is 35.6 Å². The van der Waals surface area contributed by atoms with Crippen LogP contribution in [0.4, 0.5) is 10.1 Å².